The van der Waals surface area contributed by atoms with Crippen molar-refractivity contribution in [2.24, 2.45) is 0 Å². The Bertz CT molecular complexity index is 1160. The highest BCUT2D eigenvalue weighted by molar-refractivity contribution is 6.08. The van der Waals surface area contributed by atoms with Crippen molar-refractivity contribution in [1.82, 2.24) is 9.80 Å². The lowest BCUT2D eigenvalue weighted by atomic mass is 9.97. The van der Waals surface area contributed by atoms with Crippen LogP contribution in [0.4, 0.5) is 5.69 Å². The Balaban J connectivity index is 1.96. The maximum atomic E-state index is 13.2. The zero-order valence-electron chi connectivity index (χ0n) is 22.1. The third kappa shape index (κ3) is 7.38. The summed E-state index contributed by atoms with van der Waals surface area (Å²) in [6.07, 6.45) is 4.78. The molecule has 3 aromatic carbocycles. The Kier molecular flexibility index (Phi) is 9.41. The van der Waals surface area contributed by atoms with Gasteiger partial charge in [0.1, 0.15) is 0 Å². The van der Waals surface area contributed by atoms with Crippen LogP contribution in [0.3, 0.4) is 0 Å². The quantitative estimate of drug-likeness (QED) is 0.254. The number of carbonyl (C=O) groups is 1. The third-order valence-electron chi connectivity index (χ3n) is 6.18. The van der Waals surface area contributed by atoms with Gasteiger partial charge in [-0.2, -0.15) is 0 Å². The van der Waals surface area contributed by atoms with Gasteiger partial charge in [-0.15, -0.1) is 0 Å². The van der Waals surface area contributed by atoms with Crippen molar-refractivity contribution in [2.45, 2.75) is 19.9 Å². The first-order valence-electron chi connectivity index (χ1n) is 12.3. The smallest absolute Gasteiger partial charge is 0.186 e. The number of anilines is 1. The summed E-state index contributed by atoms with van der Waals surface area (Å²) in [6, 6.07) is 22.9. The zero-order chi connectivity index (χ0) is 25.4. The van der Waals surface area contributed by atoms with Crippen molar-refractivity contribution in [3.8, 4) is 11.1 Å². The van der Waals surface area contributed by atoms with Crippen LogP contribution >= 0.6 is 0 Å². The van der Waals surface area contributed by atoms with Crippen LogP contribution in [0.25, 0.3) is 17.2 Å². The van der Waals surface area contributed by atoms with E-state index >= 15 is 0 Å². The van der Waals surface area contributed by atoms with Crippen LogP contribution < -0.4 is 4.90 Å². The second kappa shape index (κ2) is 12.5. The van der Waals surface area contributed by atoms with E-state index in [1.807, 2.05) is 44.4 Å². The van der Waals surface area contributed by atoms with Crippen molar-refractivity contribution < 1.29 is 4.79 Å². The van der Waals surface area contributed by atoms with E-state index in [1.54, 1.807) is 6.08 Å². The molecular weight excluding hydrogens is 430 g/mol. The summed E-state index contributed by atoms with van der Waals surface area (Å²) in [4.78, 5) is 19.8. The second-order valence-electron chi connectivity index (χ2n) is 9.76. The highest BCUT2D eigenvalue weighted by Gasteiger charge is 2.12. The van der Waals surface area contributed by atoms with Crippen molar-refractivity contribution in [2.75, 3.05) is 53.2 Å². The van der Waals surface area contributed by atoms with E-state index in [1.165, 1.54) is 11.1 Å². The van der Waals surface area contributed by atoms with Gasteiger partial charge < -0.3 is 14.7 Å². The minimum absolute atomic E-state index is 0.0324. The van der Waals surface area contributed by atoms with E-state index in [2.05, 4.69) is 85.2 Å². The summed E-state index contributed by atoms with van der Waals surface area (Å²) in [5, 5.41) is 0. The van der Waals surface area contributed by atoms with Gasteiger partial charge in [0.15, 0.2) is 5.78 Å². The molecule has 4 heteroatoms. The van der Waals surface area contributed by atoms with Gasteiger partial charge in [-0.1, -0.05) is 54.6 Å². The molecule has 0 aliphatic heterocycles. The number of allylic oxidation sites excluding steroid dienone is 1. The van der Waals surface area contributed by atoms with Crippen LogP contribution in [0, 0.1) is 6.92 Å². The van der Waals surface area contributed by atoms with Crippen molar-refractivity contribution in [3.63, 3.8) is 0 Å². The Labute approximate surface area is 211 Å². The van der Waals surface area contributed by atoms with Crippen LogP contribution in [-0.2, 0) is 6.54 Å². The molecule has 4 nitrogen and oxygen atoms in total. The molecule has 3 rings (SSSR count). The van der Waals surface area contributed by atoms with Crippen molar-refractivity contribution in [1.29, 1.82) is 0 Å². The maximum Gasteiger partial charge on any atom is 0.186 e. The van der Waals surface area contributed by atoms with Crippen LogP contribution in [0.15, 0.2) is 72.8 Å². The van der Waals surface area contributed by atoms with E-state index in [9.17, 15) is 4.79 Å². The first-order valence-corrected chi connectivity index (χ1v) is 12.3. The normalized spacial score (nSPS) is 11.5. The molecule has 0 atom stereocenters. The predicted octanol–water partition coefficient (Wildman–Crippen LogP) is 6.01. The lowest BCUT2D eigenvalue weighted by Gasteiger charge is -2.23. The summed E-state index contributed by atoms with van der Waals surface area (Å²) < 4.78 is 0. The zero-order valence-corrected chi connectivity index (χ0v) is 22.1. The standard InChI is InChI=1S/C31H39N3O/c1-24-12-7-9-14-28(24)25-16-18-30(34(6)21-11-20-32(2)3)26(22-25)17-19-31(35)29-15-10-8-13-27(29)23-33(4)5/h7-10,12-19,22H,11,20-21,23H2,1-6H3/b19-17+. The SMILES string of the molecule is Cc1ccccc1-c1ccc(N(C)CCCN(C)C)c(/C=C/C(=O)c2ccccc2CN(C)C)c1. The van der Waals surface area contributed by atoms with E-state index in [0.717, 1.165) is 54.0 Å². The molecule has 0 radical (unpaired) electrons. The molecule has 35 heavy (non-hydrogen) atoms. The second-order valence-corrected chi connectivity index (χ2v) is 9.76. The molecule has 0 unspecified atom stereocenters. The number of rotatable bonds is 11. The van der Waals surface area contributed by atoms with Crippen LogP contribution in [0.1, 0.15) is 33.5 Å². The number of aryl methyl sites for hydroxylation is 1. The molecule has 0 aliphatic carbocycles. The number of nitrogens with zero attached hydrogens (tertiary/aromatic N) is 3. The number of hydrogen-bond donors (Lipinski definition) is 0. The first-order chi connectivity index (χ1) is 16.8. The van der Waals surface area contributed by atoms with Crippen molar-refractivity contribution >= 4 is 17.5 Å². The highest BCUT2D eigenvalue weighted by Crippen LogP contribution is 2.30. The number of benzene rings is 3. The molecule has 0 N–H and O–H groups in total. The average molecular weight is 470 g/mol. The Morgan fingerprint density at radius 1 is 0.829 bits per heavy atom. The lowest BCUT2D eigenvalue weighted by Crippen LogP contribution is -2.23. The van der Waals surface area contributed by atoms with Crippen LogP contribution in [0.2, 0.25) is 0 Å². The largest absolute Gasteiger partial charge is 0.374 e. The topological polar surface area (TPSA) is 26.8 Å². The lowest BCUT2D eigenvalue weighted by molar-refractivity contribution is 0.104. The fourth-order valence-corrected chi connectivity index (χ4v) is 4.34. The van der Waals surface area contributed by atoms with E-state index in [4.69, 9.17) is 0 Å². The Morgan fingerprint density at radius 2 is 1.54 bits per heavy atom. The average Bonchev–Trinajstić information content (AvgIpc) is 2.82. The molecule has 184 valence electrons. The molecular formula is C31H39N3O. The Hall–Kier alpha value is -3.21. The molecule has 3 aromatic rings. The fraction of sp³-hybridized carbons (Fsp3) is 0.323. The molecule has 0 saturated carbocycles. The van der Waals surface area contributed by atoms with Crippen LogP contribution in [-0.4, -0.2) is 63.9 Å². The monoisotopic (exact) mass is 469 g/mol. The minimum Gasteiger partial charge on any atom is -0.374 e. The van der Waals surface area contributed by atoms with Gasteiger partial charge in [-0.05, 0) is 100 Å². The number of carbonyl (C=O) groups excluding carboxylic acids is 1. The van der Waals surface area contributed by atoms with Crippen LogP contribution in [0.5, 0.6) is 0 Å². The van der Waals surface area contributed by atoms with E-state index in [0.29, 0.717) is 0 Å². The van der Waals surface area contributed by atoms with E-state index in [-0.39, 0.29) is 5.78 Å². The molecule has 0 fully saturated rings. The molecule has 0 saturated heterocycles. The molecule has 0 bridgehead atoms. The van der Waals surface area contributed by atoms with Crippen molar-refractivity contribution in [3.05, 3.63) is 95.1 Å². The summed E-state index contributed by atoms with van der Waals surface area (Å²) in [6.45, 7) is 4.86. The predicted molar refractivity (Wildman–Crippen MR) is 150 cm³/mol. The summed E-state index contributed by atoms with van der Waals surface area (Å²) in [7, 11) is 10.4. The van der Waals surface area contributed by atoms with Gasteiger partial charge in [-0.3, -0.25) is 4.79 Å². The highest BCUT2D eigenvalue weighted by atomic mass is 16.1. The first kappa shape index (κ1) is 26.4. The maximum absolute atomic E-state index is 13.2. The Morgan fingerprint density at radius 3 is 2.26 bits per heavy atom. The molecule has 0 heterocycles. The van der Waals surface area contributed by atoms with Gasteiger partial charge in [-0.25, -0.2) is 0 Å². The molecule has 0 aliphatic rings. The number of ketones is 1. The molecule has 0 amide bonds. The number of hydrogen-bond acceptors (Lipinski definition) is 4. The third-order valence-corrected chi connectivity index (χ3v) is 6.18. The van der Waals surface area contributed by atoms with Gasteiger partial charge in [0.2, 0.25) is 0 Å². The fourth-order valence-electron chi connectivity index (χ4n) is 4.34. The summed E-state index contributed by atoms with van der Waals surface area (Å²) in [5.74, 6) is 0.0324. The van der Waals surface area contributed by atoms with Gasteiger partial charge in [0.05, 0.1) is 0 Å². The van der Waals surface area contributed by atoms with E-state index < -0.39 is 0 Å². The molecule has 0 spiro atoms. The minimum atomic E-state index is 0.0324. The summed E-state index contributed by atoms with van der Waals surface area (Å²) >= 11 is 0. The van der Waals surface area contributed by atoms with Gasteiger partial charge >= 0.3 is 0 Å². The van der Waals surface area contributed by atoms with Gasteiger partial charge in [0, 0.05) is 31.4 Å². The molecule has 0 aromatic heterocycles. The van der Waals surface area contributed by atoms with Gasteiger partial charge in [0.25, 0.3) is 0 Å². The summed E-state index contributed by atoms with van der Waals surface area (Å²) in [5.41, 5.74) is 7.60.